The van der Waals surface area contributed by atoms with Crippen molar-refractivity contribution >= 4 is 16.2 Å². The summed E-state index contributed by atoms with van der Waals surface area (Å²) in [5.41, 5.74) is 4.52. The third kappa shape index (κ3) is 1.18. The standard InChI is InChI=1S/C11H12N4S/c1-7-3-10-15(8(2)5-16-10)11(7)9-4-14(12)6-13-9/h3-6H,12H2,1-2H3. The fourth-order valence-electron chi connectivity index (χ4n) is 2.02. The van der Waals surface area contributed by atoms with E-state index >= 15 is 0 Å². The van der Waals surface area contributed by atoms with Crippen molar-refractivity contribution in [3.8, 4) is 11.4 Å². The van der Waals surface area contributed by atoms with E-state index in [0.717, 1.165) is 11.4 Å². The monoisotopic (exact) mass is 232 g/mol. The molecule has 0 bridgehead atoms. The summed E-state index contributed by atoms with van der Waals surface area (Å²) >= 11 is 1.75. The molecule has 0 saturated heterocycles. The molecule has 0 radical (unpaired) electrons. The summed E-state index contributed by atoms with van der Waals surface area (Å²) < 4.78 is 3.71. The van der Waals surface area contributed by atoms with Gasteiger partial charge in [-0.1, -0.05) is 0 Å². The zero-order chi connectivity index (χ0) is 11.3. The smallest absolute Gasteiger partial charge is 0.114 e. The van der Waals surface area contributed by atoms with Crippen LogP contribution >= 0.6 is 11.3 Å². The van der Waals surface area contributed by atoms with E-state index in [1.165, 1.54) is 20.8 Å². The average molecular weight is 232 g/mol. The number of aromatic nitrogens is 3. The molecule has 0 unspecified atom stereocenters. The molecule has 0 aromatic carbocycles. The quantitative estimate of drug-likeness (QED) is 0.654. The number of nitrogens with two attached hydrogens (primary N) is 1. The molecule has 0 fully saturated rings. The number of thiazole rings is 1. The fraction of sp³-hybridized carbons (Fsp3) is 0.182. The van der Waals surface area contributed by atoms with Crippen LogP contribution in [0.3, 0.4) is 0 Å². The first kappa shape index (κ1) is 9.47. The Bertz CT molecular complexity index is 659. The van der Waals surface area contributed by atoms with Crippen LogP contribution < -0.4 is 5.84 Å². The van der Waals surface area contributed by atoms with Crippen LogP contribution in [0.5, 0.6) is 0 Å². The lowest BCUT2D eigenvalue weighted by molar-refractivity contribution is 1.00. The molecule has 3 rings (SSSR count). The number of aryl methyl sites for hydroxylation is 2. The minimum atomic E-state index is 0.918. The highest BCUT2D eigenvalue weighted by Gasteiger charge is 2.14. The summed E-state index contributed by atoms with van der Waals surface area (Å²) in [6.45, 7) is 4.20. The van der Waals surface area contributed by atoms with Gasteiger partial charge in [-0.05, 0) is 25.5 Å². The first-order chi connectivity index (χ1) is 7.66. The largest absolute Gasteiger partial charge is 0.338 e. The van der Waals surface area contributed by atoms with E-state index in [-0.39, 0.29) is 0 Å². The predicted octanol–water partition coefficient (Wildman–Crippen LogP) is 2.19. The molecular weight excluding hydrogens is 220 g/mol. The van der Waals surface area contributed by atoms with Crippen LogP contribution in [0, 0.1) is 13.8 Å². The molecule has 0 aliphatic carbocycles. The normalized spacial score (nSPS) is 11.4. The third-order valence-corrected chi connectivity index (χ3v) is 3.71. The number of nitrogens with zero attached hydrogens (tertiary/aromatic N) is 3. The van der Waals surface area contributed by atoms with E-state index < -0.39 is 0 Å². The molecule has 82 valence electrons. The zero-order valence-corrected chi connectivity index (χ0v) is 9.95. The summed E-state index contributed by atoms with van der Waals surface area (Å²) in [6, 6.07) is 2.18. The van der Waals surface area contributed by atoms with Crippen molar-refractivity contribution in [2.75, 3.05) is 5.84 Å². The van der Waals surface area contributed by atoms with Crippen molar-refractivity contribution in [3.05, 3.63) is 35.2 Å². The molecule has 3 aromatic heterocycles. The molecule has 2 N–H and O–H groups in total. The van der Waals surface area contributed by atoms with E-state index in [4.69, 9.17) is 5.84 Å². The Morgan fingerprint density at radius 2 is 2.19 bits per heavy atom. The van der Waals surface area contributed by atoms with Crippen molar-refractivity contribution in [1.82, 2.24) is 14.1 Å². The molecule has 16 heavy (non-hydrogen) atoms. The molecular formula is C11H12N4S. The minimum absolute atomic E-state index is 0.918. The Morgan fingerprint density at radius 1 is 1.38 bits per heavy atom. The number of hydrogen-bond acceptors (Lipinski definition) is 3. The Labute approximate surface area is 96.9 Å². The average Bonchev–Trinajstić information content (AvgIpc) is 2.86. The van der Waals surface area contributed by atoms with E-state index in [2.05, 4.69) is 34.7 Å². The molecule has 3 aromatic rings. The summed E-state index contributed by atoms with van der Waals surface area (Å²) in [5.74, 6) is 5.64. The van der Waals surface area contributed by atoms with Gasteiger partial charge in [0, 0.05) is 11.1 Å². The maximum atomic E-state index is 5.64. The first-order valence-corrected chi connectivity index (χ1v) is 5.90. The highest BCUT2D eigenvalue weighted by atomic mass is 32.1. The maximum absolute atomic E-state index is 5.64. The van der Waals surface area contributed by atoms with Gasteiger partial charge in [0.1, 0.15) is 16.9 Å². The summed E-state index contributed by atoms with van der Waals surface area (Å²) in [6.07, 6.45) is 3.46. The molecule has 0 amide bonds. The van der Waals surface area contributed by atoms with Crippen molar-refractivity contribution in [2.45, 2.75) is 13.8 Å². The van der Waals surface area contributed by atoms with Gasteiger partial charge in [0.05, 0.1) is 11.9 Å². The Kier molecular flexibility index (Phi) is 1.85. The lowest BCUT2D eigenvalue weighted by Gasteiger charge is -2.00. The predicted molar refractivity (Wildman–Crippen MR) is 66.1 cm³/mol. The molecule has 3 heterocycles. The Balaban J connectivity index is 2.36. The van der Waals surface area contributed by atoms with Crippen molar-refractivity contribution in [3.63, 3.8) is 0 Å². The van der Waals surface area contributed by atoms with Gasteiger partial charge in [-0.3, -0.25) is 4.68 Å². The molecule has 0 aliphatic rings. The first-order valence-electron chi connectivity index (χ1n) is 5.02. The van der Waals surface area contributed by atoms with Gasteiger partial charge in [-0.15, -0.1) is 11.3 Å². The van der Waals surface area contributed by atoms with Crippen LogP contribution in [0.25, 0.3) is 16.2 Å². The van der Waals surface area contributed by atoms with Crippen LogP contribution in [0.2, 0.25) is 0 Å². The molecule has 5 heteroatoms. The van der Waals surface area contributed by atoms with Crippen molar-refractivity contribution < 1.29 is 0 Å². The maximum Gasteiger partial charge on any atom is 0.114 e. The summed E-state index contributed by atoms with van der Waals surface area (Å²) in [4.78, 5) is 5.56. The van der Waals surface area contributed by atoms with Crippen LogP contribution in [0.4, 0.5) is 0 Å². The molecule has 0 aliphatic heterocycles. The summed E-state index contributed by atoms with van der Waals surface area (Å²) in [7, 11) is 0. The number of imidazole rings is 1. The van der Waals surface area contributed by atoms with E-state index in [1.807, 2.05) is 6.20 Å². The van der Waals surface area contributed by atoms with Gasteiger partial charge in [-0.25, -0.2) is 4.98 Å². The Hall–Kier alpha value is -1.75. The highest BCUT2D eigenvalue weighted by Crippen LogP contribution is 2.30. The number of hydrogen-bond donors (Lipinski definition) is 1. The highest BCUT2D eigenvalue weighted by molar-refractivity contribution is 7.15. The zero-order valence-electron chi connectivity index (χ0n) is 9.14. The number of fused-ring (bicyclic) bond motifs is 1. The second-order valence-electron chi connectivity index (χ2n) is 3.93. The lowest BCUT2D eigenvalue weighted by atomic mass is 10.2. The SMILES string of the molecule is Cc1cc2scc(C)n2c1-c1cn(N)cn1. The topological polar surface area (TPSA) is 48.2 Å². The molecule has 0 spiro atoms. The van der Waals surface area contributed by atoms with Gasteiger partial charge in [0.2, 0.25) is 0 Å². The van der Waals surface area contributed by atoms with E-state index in [1.54, 1.807) is 17.7 Å². The van der Waals surface area contributed by atoms with Crippen molar-refractivity contribution in [2.24, 2.45) is 0 Å². The molecule has 0 atom stereocenters. The van der Waals surface area contributed by atoms with Gasteiger partial charge < -0.3 is 10.2 Å². The van der Waals surface area contributed by atoms with Crippen LogP contribution in [0.15, 0.2) is 24.0 Å². The van der Waals surface area contributed by atoms with E-state index in [9.17, 15) is 0 Å². The minimum Gasteiger partial charge on any atom is -0.338 e. The second kappa shape index (κ2) is 3.12. The van der Waals surface area contributed by atoms with Gasteiger partial charge in [0.25, 0.3) is 0 Å². The summed E-state index contributed by atoms with van der Waals surface area (Å²) in [5, 5.41) is 2.15. The molecule has 0 saturated carbocycles. The van der Waals surface area contributed by atoms with Crippen LogP contribution in [-0.2, 0) is 0 Å². The third-order valence-electron chi connectivity index (χ3n) is 2.70. The van der Waals surface area contributed by atoms with Gasteiger partial charge in [0.15, 0.2) is 0 Å². The molecule has 4 nitrogen and oxygen atoms in total. The Morgan fingerprint density at radius 3 is 2.88 bits per heavy atom. The van der Waals surface area contributed by atoms with Crippen molar-refractivity contribution in [1.29, 1.82) is 0 Å². The van der Waals surface area contributed by atoms with Gasteiger partial charge >= 0.3 is 0 Å². The number of rotatable bonds is 1. The van der Waals surface area contributed by atoms with Crippen LogP contribution in [-0.4, -0.2) is 14.1 Å². The van der Waals surface area contributed by atoms with Crippen LogP contribution in [0.1, 0.15) is 11.3 Å². The second-order valence-corrected chi connectivity index (χ2v) is 4.82. The number of nitrogen functional groups attached to an aromatic ring is 1. The van der Waals surface area contributed by atoms with Gasteiger partial charge in [-0.2, -0.15) is 0 Å². The van der Waals surface area contributed by atoms with E-state index in [0.29, 0.717) is 0 Å². The fourth-order valence-corrected chi connectivity index (χ4v) is 3.00. The lowest BCUT2D eigenvalue weighted by Crippen LogP contribution is -2.03.